The Hall–Kier alpha value is -3.68. The minimum atomic E-state index is -0.652. The predicted octanol–water partition coefficient (Wildman–Crippen LogP) is 3.33. The highest BCUT2D eigenvalue weighted by molar-refractivity contribution is 5.88. The lowest BCUT2D eigenvalue weighted by atomic mass is 10.0. The minimum absolute atomic E-state index is 0.0868. The standard InChI is InChI=1S/C31H37N3O4/c1-37-28-14-12-27(13-15-28)24-34(30(35)23-26-10-6-3-7-11-26)29(22-25-8-4-2-5-9-25)31(36)32-16-17-33-18-20-38-21-19-33/h2-15,29H,16-24H2,1H3,(H,32,36)/t29-/m0/s1. The molecule has 1 saturated heterocycles. The summed E-state index contributed by atoms with van der Waals surface area (Å²) in [7, 11) is 1.63. The number of hydrogen-bond acceptors (Lipinski definition) is 5. The molecule has 0 saturated carbocycles. The van der Waals surface area contributed by atoms with E-state index in [1.165, 1.54) is 0 Å². The fourth-order valence-corrected chi connectivity index (χ4v) is 4.63. The molecule has 2 amide bonds. The molecule has 0 unspecified atom stereocenters. The van der Waals surface area contributed by atoms with Crippen molar-refractivity contribution in [3.05, 3.63) is 102 Å². The van der Waals surface area contributed by atoms with E-state index in [1.54, 1.807) is 12.0 Å². The van der Waals surface area contributed by atoms with Crippen molar-refractivity contribution in [2.75, 3.05) is 46.5 Å². The lowest BCUT2D eigenvalue weighted by Gasteiger charge is -2.32. The summed E-state index contributed by atoms with van der Waals surface area (Å²) in [5.41, 5.74) is 2.86. The third kappa shape index (κ3) is 8.16. The molecule has 1 N–H and O–H groups in total. The summed E-state index contributed by atoms with van der Waals surface area (Å²) in [5, 5.41) is 3.12. The molecule has 7 heteroatoms. The van der Waals surface area contributed by atoms with Crippen molar-refractivity contribution in [1.82, 2.24) is 15.1 Å². The van der Waals surface area contributed by atoms with Crippen molar-refractivity contribution in [3.63, 3.8) is 0 Å². The zero-order chi connectivity index (χ0) is 26.6. The van der Waals surface area contributed by atoms with Crippen LogP contribution in [0.4, 0.5) is 0 Å². The molecule has 0 spiro atoms. The van der Waals surface area contributed by atoms with Crippen molar-refractivity contribution in [2.45, 2.75) is 25.4 Å². The van der Waals surface area contributed by atoms with Gasteiger partial charge in [-0.15, -0.1) is 0 Å². The van der Waals surface area contributed by atoms with E-state index in [-0.39, 0.29) is 18.2 Å². The molecule has 38 heavy (non-hydrogen) atoms. The number of hydrogen-bond donors (Lipinski definition) is 1. The molecular weight excluding hydrogens is 478 g/mol. The molecule has 1 aliphatic rings. The van der Waals surface area contributed by atoms with Crippen LogP contribution in [0.3, 0.4) is 0 Å². The summed E-state index contributed by atoms with van der Waals surface area (Å²) in [6, 6.07) is 26.5. The summed E-state index contributed by atoms with van der Waals surface area (Å²) in [5.74, 6) is 0.519. The molecule has 0 aliphatic carbocycles. The zero-order valence-corrected chi connectivity index (χ0v) is 22.1. The van der Waals surface area contributed by atoms with Crippen LogP contribution in [0, 0.1) is 0 Å². The van der Waals surface area contributed by atoms with Crippen LogP contribution in [0.25, 0.3) is 0 Å². The molecule has 7 nitrogen and oxygen atoms in total. The Kier molecular flexibility index (Phi) is 10.3. The molecule has 1 heterocycles. The fraction of sp³-hybridized carbons (Fsp3) is 0.355. The highest BCUT2D eigenvalue weighted by Crippen LogP contribution is 2.19. The zero-order valence-electron chi connectivity index (χ0n) is 22.1. The van der Waals surface area contributed by atoms with E-state index in [1.807, 2.05) is 84.9 Å². The van der Waals surface area contributed by atoms with Gasteiger partial charge in [-0.3, -0.25) is 14.5 Å². The minimum Gasteiger partial charge on any atom is -0.497 e. The van der Waals surface area contributed by atoms with E-state index in [9.17, 15) is 9.59 Å². The number of amides is 2. The summed E-state index contributed by atoms with van der Waals surface area (Å²) in [4.78, 5) is 31.5. The maximum Gasteiger partial charge on any atom is 0.243 e. The predicted molar refractivity (Wildman–Crippen MR) is 148 cm³/mol. The molecule has 0 bridgehead atoms. The van der Waals surface area contributed by atoms with Crippen molar-refractivity contribution >= 4 is 11.8 Å². The number of ether oxygens (including phenoxy) is 2. The first kappa shape index (κ1) is 27.4. The maximum atomic E-state index is 13.8. The Morgan fingerprint density at radius 2 is 1.53 bits per heavy atom. The summed E-state index contributed by atoms with van der Waals surface area (Å²) < 4.78 is 10.7. The van der Waals surface area contributed by atoms with Gasteiger partial charge in [-0.1, -0.05) is 72.8 Å². The SMILES string of the molecule is COc1ccc(CN(C(=O)Cc2ccccc2)[C@@H](Cc2ccccc2)C(=O)NCCN2CCOCC2)cc1. The Morgan fingerprint density at radius 1 is 0.895 bits per heavy atom. The molecular formula is C31H37N3O4. The summed E-state index contributed by atoms with van der Waals surface area (Å²) in [6.07, 6.45) is 0.657. The van der Waals surface area contributed by atoms with Crippen LogP contribution in [0.15, 0.2) is 84.9 Å². The van der Waals surface area contributed by atoms with Gasteiger partial charge in [0.1, 0.15) is 11.8 Å². The van der Waals surface area contributed by atoms with Gasteiger partial charge in [-0.2, -0.15) is 0 Å². The topological polar surface area (TPSA) is 71.1 Å². The van der Waals surface area contributed by atoms with Gasteiger partial charge in [0.05, 0.1) is 26.7 Å². The average molecular weight is 516 g/mol. The van der Waals surface area contributed by atoms with Crippen LogP contribution in [0.1, 0.15) is 16.7 Å². The van der Waals surface area contributed by atoms with Crippen molar-refractivity contribution in [2.24, 2.45) is 0 Å². The third-order valence-corrected chi connectivity index (χ3v) is 6.81. The molecule has 0 radical (unpaired) electrons. The summed E-state index contributed by atoms with van der Waals surface area (Å²) in [6.45, 7) is 4.76. The largest absolute Gasteiger partial charge is 0.497 e. The van der Waals surface area contributed by atoms with Crippen LogP contribution >= 0.6 is 0 Å². The lowest BCUT2D eigenvalue weighted by molar-refractivity contribution is -0.140. The van der Waals surface area contributed by atoms with Crippen molar-refractivity contribution in [1.29, 1.82) is 0 Å². The molecule has 1 atom stereocenters. The first-order valence-electron chi connectivity index (χ1n) is 13.2. The van der Waals surface area contributed by atoms with Crippen LogP contribution in [0.5, 0.6) is 5.75 Å². The monoisotopic (exact) mass is 515 g/mol. The smallest absolute Gasteiger partial charge is 0.243 e. The average Bonchev–Trinajstić information content (AvgIpc) is 2.96. The summed E-state index contributed by atoms with van der Waals surface area (Å²) >= 11 is 0. The van der Waals surface area contributed by atoms with Gasteiger partial charge >= 0.3 is 0 Å². The van der Waals surface area contributed by atoms with Crippen molar-refractivity contribution < 1.29 is 19.1 Å². The molecule has 200 valence electrons. The van der Waals surface area contributed by atoms with Crippen molar-refractivity contribution in [3.8, 4) is 5.75 Å². The number of nitrogens with zero attached hydrogens (tertiary/aromatic N) is 2. The molecule has 1 fully saturated rings. The van der Waals surface area contributed by atoms with Crippen LogP contribution in [-0.4, -0.2) is 74.2 Å². The van der Waals surface area contributed by atoms with Crippen LogP contribution in [-0.2, 0) is 33.7 Å². The van der Waals surface area contributed by atoms with Gasteiger partial charge in [-0.05, 0) is 28.8 Å². The van der Waals surface area contributed by atoms with Gasteiger partial charge in [0.15, 0.2) is 0 Å². The van der Waals surface area contributed by atoms with E-state index in [2.05, 4.69) is 10.2 Å². The van der Waals surface area contributed by atoms with E-state index >= 15 is 0 Å². The molecule has 3 aromatic rings. The Bertz CT molecular complexity index is 1130. The number of methoxy groups -OCH3 is 1. The number of nitrogens with one attached hydrogen (secondary N) is 1. The van der Waals surface area contributed by atoms with Gasteiger partial charge in [-0.25, -0.2) is 0 Å². The first-order chi connectivity index (χ1) is 18.6. The quantitative estimate of drug-likeness (QED) is 0.401. The molecule has 1 aliphatic heterocycles. The van der Waals surface area contributed by atoms with E-state index < -0.39 is 6.04 Å². The fourth-order valence-electron chi connectivity index (χ4n) is 4.63. The number of carbonyl (C=O) groups excluding carboxylic acids is 2. The van der Waals surface area contributed by atoms with E-state index in [0.29, 0.717) is 32.7 Å². The second kappa shape index (κ2) is 14.3. The van der Waals surface area contributed by atoms with E-state index in [0.717, 1.165) is 42.1 Å². The Labute approximate surface area is 225 Å². The lowest BCUT2D eigenvalue weighted by Crippen LogP contribution is -2.52. The molecule has 3 aromatic carbocycles. The van der Waals surface area contributed by atoms with Crippen LogP contribution < -0.4 is 10.1 Å². The van der Waals surface area contributed by atoms with Gasteiger partial charge in [0, 0.05) is 39.1 Å². The Balaban J connectivity index is 1.56. The third-order valence-electron chi connectivity index (χ3n) is 6.81. The second-order valence-corrected chi connectivity index (χ2v) is 9.48. The normalized spacial score (nSPS) is 14.4. The number of morpholine rings is 1. The number of benzene rings is 3. The highest BCUT2D eigenvalue weighted by Gasteiger charge is 2.30. The first-order valence-corrected chi connectivity index (χ1v) is 13.2. The number of rotatable bonds is 12. The van der Waals surface area contributed by atoms with Crippen LogP contribution in [0.2, 0.25) is 0 Å². The van der Waals surface area contributed by atoms with E-state index in [4.69, 9.17) is 9.47 Å². The highest BCUT2D eigenvalue weighted by atomic mass is 16.5. The second-order valence-electron chi connectivity index (χ2n) is 9.48. The molecule has 4 rings (SSSR count). The van der Waals surface area contributed by atoms with Gasteiger partial charge < -0.3 is 19.7 Å². The van der Waals surface area contributed by atoms with Gasteiger partial charge in [0.25, 0.3) is 0 Å². The Morgan fingerprint density at radius 3 is 2.16 bits per heavy atom. The number of carbonyl (C=O) groups is 2. The maximum absolute atomic E-state index is 13.8. The molecule has 0 aromatic heterocycles. The van der Waals surface area contributed by atoms with Gasteiger partial charge in [0.2, 0.25) is 11.8 Å².